The predicted octanol–water partition coefficient (Wildman–Crippen LogP) is 3.22. The Bertz CT molecular complexity index is 378. The first-order valence-electron chi connectivity index (χ1n) is 6.16. The van der Waals surface area contributed by atoms with E-state index in [4.69, 9.17) is 4.74 Å². The minimum Gasteiger partial charge on any atom is -0.497 e. The average Bonchev–Trinajstić information content (AvgIpc) is 2.57. The fourth-order valence-corrected chi connectivity index (χ4v) is 2.67. The van der Waals surface area contributed by atoms with Crippen LogP contribution in [0.2, 0.25) is 0 Å². The lowest BCUT2D eigenvalue weighted by Gasteiger charge is -2.18. The molecule has 0 fully saturated rings. The standard InChI is InChI=1S/C14H21NO/c1-4-16-12(3)10-15-9-11(2)13-7-5-6-8-14(13)15/h4,9,12H,1,5-8,10H2,2-3H3. The minimum absolute atomic E-state index is 0.204. The van der Waals surface area contributed by atoms with E-state index in [1.807, 2.05) is 0 Å². The molecule has 0 aliphatic heterocycles. The summed E-state index contributed by atoms with van der Waals surface area (Å²) in [6.07, 6.45) is 9.17. The maximum Gasteiger partial charge on any atom is 0.113 e. The first-order valence-corrected chi connectivity index (χ1v) is 6.16. The average molecular weight is 219 g/mol. The first kappa shape index (κ1) is 11.3. The van der Waals surface area contributed by atoms with Crippen LogP contribution < -0.4 is 0 Å². The van der Waals surface area contributed by atoms with Crippen molar-refractivity contribution in [1.82, 2.24) is 4.57 Å². The Labute approximate surface area is 97.9 Å². The van der Waals surface area contributed by atoms with Gasteiger partial charge in [0.1, 0.15) is 6.10 Å². The molecule has 0 N–H and O–H groups in total. The van der Waals surface area contributed by atoms with Crippen LogP contribution in [0.3, 0.4) is 0 Å². The number of hydrogen-bond donors (Lipinski definition) is 0. The van der Waals surface area contributed by atoms with Crippen LogP contribution in [0.1, 0.15) is 36.6 Å². The fourth-order valence-electron chi connectivity index (χ4n) is 2.67. The van der Waals surface area contributed by atoms with E-state index in [1.54, 1.807) is 5.56 Å². The molecule has 0 spiro atoms. The van der Waals surface area contributed by atoms with Gasteiger partial charge in [-0.25, -0.2) is 0 Å². The second kappa shape index (κ2) is 4.77. The number of rotatable bonds is 4. The number of nitrogens with zero attached hydrogens (tertiary/aromatic N) is 1. The summed E-state index contributed by atoms with van der Waals surface area (Å²) in [6, 6.07) is 0. The van der Waals surface area contributed by atoms with Crippen LogP contribution in [-0.4, -0.2) is 10.7 Å². The number of aryl methyl sites for hydroxylation is 1. The molecule has 0 bridgehead atoms. The van der Waals surface area contributed by atoms with Gasteiger partial charge in [0, 0.05) is 11.9 Å². The first-order chi connectivity index (χ1) is 7.72. The highest BCUT2D eigenvalue weighted by Crippen LogP contribution is 2.26. The lowest BCUT2D eigenvalue weighted by molar-refractivity contribution is 0.143. The van der Waals surface area contributed by atoms with E-state index in [0.717, 1.165) is 6.54 Å². The summed E-state index contributed by atoms with van der Waals surface area (Å²) in [5.74, 6) is 0. The maximum absolute atomic E-state index is 5.39. The van der Waals surface area contributed by atoms with Crippen molar-refractivity contribution in [2.24, 2.45) is 0 Å². The van der Waals surface area contributed by atoms with Crippen molar-refractivity contribution in [2.75, 3.05) is 0 Å². The van der Waals surface area contributed by atoms with E-state index in [2.05, 4.69) is 31.2 Å². The number of hydrogen-bond acceptors (Lipinski definition) is 1. The molecule has 2 nitrogen and oxygen atoms in total. The van der Waals surface area contributed by atoms with Gasteiger partial charge >= 0.3 is 0 Å². The van der Waals surface area contributed by atoms with Gasteiger partial charge in [-0.3, -0.25) is 0 Å². The van der Waals surface area contributed by atoms with Crippen LogP contribution >= 0.6 is 0 Å². The van der Waals surface area contributed by atoms with E-state index in [0.29, 0.717) is 0 Å². The molecule has 1 heterocycles. The lowest BCUT2D eigenvalue weighted by Crippen LogP contribution is -2.17. The molecule has 1 aromatic rings. The predicted molar refractivity (Wildman–Crippen MR) is 66.6 cm³/mol. The van der Waals surface area contributed by atoms with E-state index >= 15 is 0 Å². The van der Waals surface area contributed by atoms with Gasteiger partial charge in [-0.2, -0.15) is 0 Å². The highest BCUT2D eigenvalue weighted by atomic mass is 16.5. The van der Waals surface area contributed by atoms with Crippen molar-refractivity contribution < 1.29 is 4.74 Å². The number of ether oxygens (including phenoxy) is 1. The Morgan fingerprint density at radius 2 is 2.25 bits per heavy atom. The highest BCUT2D eigenvalue weighted by Gasteiger charge is 2.17. The topological polar surface area (TPSA) is 14.2 Å². The van der Waals surface area contributed by atoms with Gasteiger partial charge in [0.25, 0.3) is 0 Å². The molecule has 0 saturated carbocycles. The molecule has 1 aliphatic rings. The van der Waals surface area contributed by atoms with Gasteiger partial charge < -0.3 is 9.30 Å². The molecule has 88 valence electrons. The molecule has 16 heavy (non-hydrogen) atoms. The van der Waals surface area contributed by atoms with Crippen LogP contribution in [0.15, 0.2) is 19.0 Å². The smallest absolute Gasteiger partial charge is 0.113 e. The molecule has 2 heteroatoms. The minimum atomic E-state index is 0.204. The Kier molecular flexibility index (Phi) is 3.37. The summed E-state index contributed by atoms with van der Waals surface area (Å²) in [6.45, 7) is 8.85. The highest BCUT2D eigenvalue weighted by molar-refractivity contribution is 5.33. The quantitative estimate of drug-likeness (QED) is 0.709. The van der Waals surface area contributed by atoms with Gasteiger partial charge in [0.15, 0.2) is 0 Å². The molecule has 2 rings (SSSR count). The number of fused-ring (bicyclic) bond motifs is 1. The molecular formula is C14H21NO. The summed E-state index contributed by atoms with van der Waals surface area (Å²) in [5.41, 5.74) is 4.56. The van der Waals surface area contributed by atoms with Crippen molar-refractivity contribution >= 4 is 0 Å². The second-order valence-corrected chi connectivity index (χ2v) is 4.71. The van der Waals surface area contributed by atoms with E-state index in [9.17, 15) is 0 Å². The Morgan fingerprint density at radius 1 is 1.50 bits per heavy atom. The van der Waals surface area contributed by atoms with Crippen molar-refractivity contribution in [3.63, 3.8) is 0 Å². The molecule has 0 radical (unpaired) electrons. The third-order valence-corrected chi connectivity index (χ3v) is 3.39. The Morgan fingerprint density at radius 3 is 3.00 bits per heavy atom. The van der Waals surface area contributed by atoms with Gasteiger partial charge in [0.2, 0.25) is 0 Å². The molecule has 1 unspecified atom stereocenters. The van der Waals surface area contributed by atoms with Crippen LogP contribution in [0, 0.1) is 6.92 Å². The van der Waals surface area contributed by atoms with E-state index in [-0.39, 0.29) is 6.10 Å². The third-order valence-electron chi connectivity index (χ3n) is 3.39. The molecule has 1 atom stereocenters. The Hall–Kier alpha value is -1.18. The van der Waals surface area contributed by atoms with Crippen molar-refractivity contribution in [2.45, 2.75) is 52.2 Å². The van der Waals surface area contributed by atoms with E-state index in [1.165, 1.54) is 43.2 Å². The number of aromatic nitrogens is 1. The third kappa shape index (κ3) is 2.16. The van der Waals surface area contributed by atoms with Crippen LogP contribution in [-0.2, 0) is 24.1 Å². The SMILES string of the molecule is C=COC(C)Cn1cc(C)c2c1CCCC2. The largest absolute Gasteiger partial charge is 0.497 e. The van der Waals surface area contributed by atoms with Crippen LogP contribution in [0.5, 0.6) is 0 Å². The molecule has 0 amide bonds. The monoisotopic (exact) mass is 219 g/mol. The lowest BCUT2D eigenvalue weighted by atomic mass is 9.95. The second-order valence-electron chi connectivity index (χ2n) is 4.71. The maximum atomic E-state index is 5.39. The zero-order chi connectivity index (χ0) is 11.5. The van der Waals surface area contributed by atoms with Crippen LogP contribution in [0.25, 0.3) is 0 Å². The van der Waals surface area contributed by atoms with E-state index < -0.39 is 0 Å². The normalized spacial score (nSPS) is 16.6. The molecule has 0 aromatic carbocycles. The van der Waals surface area contributed by atoms with Gasteiger partial charge in [0.05, 0.1) is 12.8 Å². The van der Waals surface area contributed by atoms with Gasteiger partial charge in [-0.1, -0.05) is 6.58 Å². The van der Waals surface area contributed by atoms with Crippen molar-refractivity contribution in [3.05, 3.63) is 35.9 Å². The zero-order valence-corrected chi connectivity index (χ0v) is 10.3. The molecular weight excluding hydrogens is 198 g/mol. The Balaban J connectivity index is 2.18. The molecule has 1 aliphatic carbocycles. The fraction of sp³-hybridized carbons (Fsp3) is 0.571. The zero-order valence-electron chi connectivity index (χ0n) is 10.3. The summed E-state index contributed by atoms with van der Waals surface area (Å²) in [4.78, 5) is 0. The van der Waals surface area contributed by atoms with Crippen molar-refractivity contribution in [3.8, 4) is 0 Å². The van der Waals surface area contributed by atoms with Crippen molar-refractivity contribution in [1.29, 1.82) is 0 Å². The summed E-state index contributed by atoms with van der Waals surface area (Å²) in [7, 11) is 0. The van der Waals surface area contributed by atoms with Gasteiger partial charge in [-0.15, -0.1) is 0 Å². The molecule has 1 aromatic heterocycles. The molecule has 0 saturated heterocycles. The van der Waals surface area contributed by atoms with Gasteiger partial charge in [-0.05, 0) is 50.7 Å². The summed E-state index contributed by atoms with van der Waals surface area (Å²) in [5, 5.41) is 0. The summed E-state index contributed by atoms with van der Waals surface area (Å²) < 4.78 is 7.76. The summed E-state index contributed by atoms with van der Waals surface area (Å²) >= 11 is 0. The van der Waals surface area contributed by atoms with Crippen LogP contribution in [0.4, 0.5) is 0 Å².